The largest absolute Gasteiger partial charge is 0.357 e. The van der Waals surface area contributed by atoms with Gasteiger partial charge in [0.2, 0.25) is 5.91 Å². The third-order valence-electron chi connectivity index (χ3n) is 2.16. The lowest BCUT2D eigenvalue weighted by atomic mass is 10.4. The lowest BCUT2D eigenvalue weighted by molar-refractivity contribution is -0.130. The molecule has 0 atom stereocenters. The molecular weight excluding hydrogens is 166 g/mol. The van der Waals surface area contributed by atoms with E-state index in [2.05, 4.69) is 4.99 Å². The lowest BCUT2D eigenvalue weighted by Gasteiger charge is -2.19. The molecule has 1 rings (SSSR count). The Hall–Kier alpha value is -1.06. The molecule has 1 saturated heterocycles. The molecule has 0 radical (unpaired) electrons. The van der Waals surface area contributed by atoms with E-state index in [4.69, 9.17) is 0 Å². The van der Waals surface area contributed by atoms with Gasteiger partial charge in [0.15, 0.2) is 0 Å². The first-order valence-electron chi connectivity index (χ1n) is 4.64. The molecule has 0 spiro atoms. The number of hydrogen-bond donors (Lipinski definition) is 0. The van der Waals surface area contributed by atoms with Gasteiger partial charge < -0.3 is 9.80 Å². The summed E-state index contributed by atoms with van der Waals surface area (Å²) < 4.78 is 0. The van der Waals surface area contributed by atoms with Crippen LogP contribution in [-0.2, 0) is 4.79 Å². The molecule has 1 heterocycles. The van der Waals surface area contributed by atoms with Crippen LogP contribution >= 0.6 is 0 Å². The molecule has 0 unspecified atom stereocenters. The highest BCUT2D eigenvalue weighted by molar-refractivity contribution is 5.80. The van der Waals surface area contributed by atoms with Crippen molar-refractivity contribution in [2.45, 2.75) is 12.8 Å². The van der Waals surface area contributed by atoms with Crippen LogP contribution in [0.4, 0.5) is 0 Å². The van der Waals surface area contributed by atoms with E-state index in [-0.39, 0.29) is 5.91 Å². The molecule has 4 nitrogen and oxygen atoms in total. The average Bonchev–Trinajstić information content (AvgIpc) is 2.55. The summed E-state index contributed by atoms with van der Waals surface area (Å²) in [5.74, 6) is 0.208. The van der Waals surface area contributed by atoms with E-state index in [1.807, 2.05) is 11.9 Å². The SMILES string of the molecule is CN=CN(C)CC(=O)N1CCCC1. The van der Waals surface area contributed by atoms with Crippen molar-refractivity contribution in [1.82, 2.24) is 9.80 Å². The van der Waals surface area contributed by atoms with Crippen LogP contribution in [0.5, 0.6) is 0 Å². The first kappa shape index (κ1) is 10.0. The summed E-state index contributed by atoms with van der Waals surface area (Å²) in [7, 11) is 3.57. The van der Waals surface area contributed by atoms with Crippen molar-refractivity contribution < 1.29 is 4.79 Å². The molecule has 0 bridgehead atoms. The van der Waals surface area contributed by atoms with Gasteiger partial charge in [0, 0.05) is 27.2 Å². The molecule has 1 amide bonds. The quantitative estimate of drug-likeness (QED) is 0.463. The van der Waals surface area contributed by atoms with E-state index in [1.165, 1.54) is 0 Å². The van der Waals surface area contributed by atoms with Gasteiger partial charge in [-0.25, -0.2) is 0 Å². The monoisotopic (exact) mass is 183 g/mol. The normalized spacial score (nSPS) is 16.9. The Morgan fingerprint density at radius 1 is 1.54 bits per heavy atom. The number of carbonyl (C=O) groups excluding carboxylic acids is 1. The fourth-order valence-electron chi connectivity index (χ4n) is 1.52. The van der Waals surface area contributed by atoms with Crippen molar-refractivity contribution >= 4 is 12.2 Å². The molecule has 1 fully saturated rings. The van der Waals surface area contributed by atoms with E-state index < -0.39 is 0 Å². The zero-order chi connectivity index (χ0) is 9.68. The van der Waals surface area contributed by atoms with Gasteiger partial charge in [-0.3, -0.25) is 9.79 Å². The first-order chi connectivity index (χ1) is 6.24. The van der Waals surface area contributed by atoms with E-state index in [0.717, 1.165) is 25.9 Å². The Morgan fingerprint density at radius 2 is 2.15 bits per heavy atom. The van der Waals surface area contributed by atoms with E-state index >= 15 is 0 Å². The average molecular weight is 183 g/mol. The van der Waals surface area contributed by atoms with Crippen molar-refractivity contribution in [3.05, 3.63) is 0 Å². The molecule has 0 aliphatic carbocycles. The number of amides is 1. The fourth-order valence-corrected chi connectivity index (χ4v) is 1.52. The Kier molecular flexibility index (Phi) is 3.73. The molecule has 0 saturated carbocycles. The summed E-state index contributed by atoms with van der Waals surface area (Å²) in [6.07, 6.45) is 3.97. The fraction of sp³-hybridized carbons (Fsp3) is 0.778. The van der Waals surface area contributed by atoms with E-state index in [0.29, 0.717) is 6.54 Å². The maximum absolute atomic E-state index is 11.6. The number of rotatable bonds is 3. The van der Waals surface area contributed by atoms with Crippen molar-refractivity contribution in [3.63, 3.8) is 0 Å². The van der Waals surface area contributed by atoms with Gasteiger partial charge in [-0.1, -0.05) is 0 Å². The summed E-state index contributed by atoms with van der Waals surface area (Å²) in [5, 5.41) is 0. The van der Waals surface area contributed by atoms with Gasteiger partial charge >= 0.3 is 0 Å². The maximum atomic E-state index is 11.6. The number of carbonyl (C=O) groups is 1. The molecule has 74 valence electrons. The lowest BCUT2D eigenvalue weighted by Crippen LogP contribution is -2.36. The topological polar surface area (TPSA) is 35.9 Å². The predicted molar refractivity (Wildman–Crippen MR) is 52.9 cm³/mol. The Bertz CT molecular complexity index is 197. The summed E-state index contributed by atoms with van der Waals surface area (Å²) in [4.78, 5) is 19.1. The van der Waals surface area contributed by atoms with Crippen LogP contribution in [-0.4, -0.2) is 55.8 Å². The minimum absolute atomic E-state index is 0.208. The van der Waals surface area contributed by atoms with Crippen LogP contribution in [0.15, 0.2) is 4.99 Å². The molecular formula is C9H17N3O. The molecule has 0 aromatic heterocycles. The van der Waals surface area contributed by atoms with Crippen molar-refractivity contribution in [3.8, 4) is 0 Å². The highest BCUT2D eigenvalue weighted by Crippen LogP contribution is 2.07. The third kappa shape index (κ3) is 3.05. The van der Waals surface area contributed by atoms with Gasteiger partial charge in [0.25, 0.3) is 0 Å². The summed E-state index contributed by atoms with van der Waals surface area (Å²) in [5.41, 5.74) is 0. The van der Waals surface area contributed by atoms with E-state index in [1.54, 1.807) is 18.3 Å². The zero-order valence-electron chi connectivity index (χ0n) is 8.36. The number of aliphatic imine (C=N–C) groups is 1. The van der Waals surface area contributed by atoms with Crippen LogP contribution in [0.1, 0.15) is 12.8 Å². The minimum atomic E-state index is 0.208. The van der Waals surface area contributed by atoms with E-state index in [9.17, 15) is 4.79 Å². The molecule has 1 aliphatic heterocycles. The molecule has 0 N–H and O–H groups in total. The summed E-state index contributed by atoms with van der Waals surface area (Å²) in [6.45, 7) is 2.29. The van der Waals surface area contributed by atoms with Crippen molar-refractivity contribution in [2.24, 2.45) is 4.99 Å². The summed E-state index contributed by atoms with van der Waals surface area (Å²) >= 11 is 0. The Balaban J connectivity index is 2.31. The van der Waals surface area contributed by atoms with Gasteiger partial charge in [0.1, 0.15) is 0 Å². The highest BCUT2D eigenvalue weighted by Gasteiger charge is 2.17. The molecule has 4 heteroatoms. The van der Waals surface area contributed by atoms with Gasteiger partial charge in [-0.2, -0.15) is 0 Å². The number of hydrogen-bond acceptors (Lipinski definition) is 2. The van der Waals surface area contributed by atoms with Gasteiger partial charge in [0.05, 0.1) is 12.9 Å². The first-order valence-corrected chi connectivity index (χ1v) is 4.64. The highest BCUT2D eigenvalue weighted by atomic mass is 16.2. The molecule has 1 aliphatic rings. The maximum Gasteiger partial charge on any atom is 0.242 e. The van der Waals surface area contributed by atoms with Crippen molar-refractivity contribution in [1.29, 1.82) is 0 Å². The van der Waals surface area contributed by atoms with Crippen LogP contribution < -0.4 is 0 Å². The molecule has 13 heavy (non-hydrogen) atoms. The second-order valence-corrected chi connectivity index (χ2v) is 3.38. The van der Waals surface area contributed by atoms with Crippen LogP contribution in [0.3, 0.4) is 0 Å². The Labute approximate surface area is 79.2 Å². The zero-order valence-corrected chi connectivity index (χ0v) is 8.36. The van der Waals surface area contributed by atoms with Crippen LogP contribution in [0.25, 0.3) is 0 Å². The number of nitrogens with zero attached hydrogens (tertiary/aromatic N) is 3. The molecule has 0 aromatic rings. The Morgan fingerprint density at radius 3 is 2.69 bits per heavy atom. The van der Waals surface area contributed by atoms with Gasteiger partial charge in [-0.05, 0) is 12.8 Å². The van der Waals surface area contributed by atoms with Crippen LogP contribution in [0.2, 0.25) is 0 Å². The van der Waals surface area contributed by atoms with Crippen molar-refractivity contribution in [2.75, 3.05) is 33.7 Å². The molecule has 0 aromatic carbocycles. The standard InChI is InChI=1S/C9H17N3O/c1-10-8-11(2)7-9(13)12-5-3-4-6-12/h8H,3-7H2,1-2H3. The smallest absolute Gasteiger partial charge is 0.242 e. The van der Waals surface area contributed by atoms with Crippen LogP contribution in [0, 0.1) is 0 Å². The minimum Gasteiger partial charge on any atom is -0.357 e. The second kappa shape index (κ2) is 4.84. The van der Waals surface area contributed by atoms with Gasteiger partial charge in [-0.15, -0.1) is 0 Å². The third-order valence-corrected chi connectivity index (χ3v) is 2.16. The predicted octanol–water partition coefficient (Wildman–Crippen LogP) is 0.199. The second-order valence-electron chi connectivity index (χ2n) is 3.38. The summed E-state index contributed by atoms with van der Waals surface area (Å²) in [6, 6.07) is 0. The number of likely N-dealkylation sites (N-methyl/N-ethyl adjacent to an activating group) is 1. The number of likely N-dealkylation sites (tertiary alicyclic amines) is 1.